The van der Waals surface area contributed by atoms with Gasteiger partial charge in [-0.1, -0.05) is 28.9 Å². The summed E-state index contributed by atoms with van der Waals surface area (Å²) in [5.41, 5.74) is 2.05. The van der Waals surface area contributed by atoms with Crippen molar-refractivity contribution in [2.45, 2.75) is 18.6 Å². The molecule has 0 aliphatic carbocycles. The van der Waals surface area contributed by atoms with Gasteiger partial charge >= 0.3 is 0 Å². The third-order valence-electron chi connectivity index (χ3n) is 2.64. The predicted molar refractivity (Wildman–Crippen MR) is 57.2 cm³/mol. The Morgan fingerprint density at radius 3 is 2.60 bits per heavy atom. The number of benzene rings is 1. The van der Waals surface area contributed by atoms with E-state index in [1.54, 1.807) is 0 Å². The van der Waals surface area contributed by atoms with E-state index in [1.807, 2.05) is 24.3 Å². The summed E-state index contributed by atoms with van der Waals surface area (Å²) in [7, 11) is 0. The van der Waals surface area contributed by atoms with Crippen molar-refractivity contribution in [3.8, 4) is 0 Å². The Labute approximate surface area is 92.6 Å². The first kappa shape index (κ1) is 9.19. The van der Waals surface area contributed by atoms with Gasteiger partial charge in [-0.25, -0.2) is 0 Å². The van der Waals surface area contributed by atoms with Crippen LogP contribution in [-0.4, -0.2) is 24.5 Å². The Balaban J connectivity index is 1.75. The van der Waals surface area contributed by atoms with Gasteiger partial charge in [0.1, 0.15) is 6.10 Å². The van der Waals surface area contributed by atoms with Crippen LogP contribution in [-0.2, 0) is 9.57 Å². The Kier molecular flexibility index (Phi) is 2.15. The number of hydrogen-bond acceptors (Lipinski definition) is 3. The number of ether oxygens (including phenoxy) is 1. The summed E-state index contributed by atoms with van der Waals surface area (Å²) in [6.45, 7) is 0.800. The summed E-state index contributed by atoms with van der Waals surface area (Å²) in [4.78, 5) is 5.30. The molecule has 1 aromatic rings. The van der Waals surface area contributed by atoms with Gasteiger partial charge in [-0.2, -0.15) is 0 Å². The molecule has 2 aliphatic rings. The number of hydrogen-bond donors (Lipinski definition) is 0. The summed E-state index contributed by atoms with van der Waals surface area (Å²) in [6.07, 6.45) is 1.18. The van der Waals surface area contributed by atoms with Crippen molar-refractivity contribution in [3.63, 3.8) is 0 Å². The highest BCUT2D eigenvalue weighted by Crippen LogP contribution is 2.26. The van der Waals surface area contributed by atoms with E-state index in [2.05, 4.69) is 5.16 Å². The van der Waals surface area contributed by atoms with Crippen LogP contribution in [0.3, 0.4) is 0 Å². The molecule has 2 heterocycles. The zero-order valence-corrected chi connectivity index (χ0v) is 8.78. The van der Waals surface area contributed by atoms with Gasteiger partial charge in [0, 0.05) is 11.4 Å². The predicted octanol–water partition coefficient (Wildman–Crippen LogP) is 2.23. The Hall–Kier alpha value is -1.06. The molecule has 1 fully saturated rings. The lowest BCUT2D eigenvalue weighted by molar-refractivity contribution is 0.0627. The molecule has 2 atom stereocenters. The fourth-order valence-electron chi connectivity index (χ4n) is 1.68. The lowest BCUT2D eigenvalue weighted by Crippen LogP contribution is -2.15. The first-order valence-electron chi connectivity index (χ1n) is 4.93. The number of nitrogens with zero attached hydrogens (tertiary/aromatic N) is 1. The van der Waals surface area contributed by atoms with E-state index in [4.69, 9.17) is 21.2 Å². The summed E-state index contributed by atoms with van der Waals surface area (Å²) in [5, 5.41) is 4.81. The molecule has 15 heavy (non-hydrogen) atoms. The van der Waals surface area contributed by atoms with Crippen molar-refractivity contribution in [3.05, 3.63) is 34.9 Å². The average molecular weight is 224 g/mol. The summed E-state index contributed by atoms with van der Waals surface area (Å²) in [5.74, 6) is 0. The molecule has 1 aromatic carbocycles. The zero-order chi connectivity index (χ0) is 10.3. The lowest BCUT2D eigenvalue weighted by atomic mass is 10.0. The molecule has 0 bridgehead atoms. The number of epoxide rings is 1. The SMILES string of the molecule is Clc1ccc(C2=NO[C@@H]([C@@H]3CO3)C2)cc1. The van der Waals surface area contributed by atoms with Gasteiger partial charge in [0.2, 0.25) is 0 Å². The monoisotopic (exact) mass is 223 g/mol. The van der Waals surface area contributed by atoms with E-state index in [9.17, 15) is 0 Å². The smallest absolute Gasteiger partial charge is 0.161 e. The molecule has 0 N–H and O–H groups in total. The van der Waals surface area contributed by atoms with Gasteiger partial charge < -0.3 is 9.57 Å². The van der Waals surface area contributed by atoms with E-state index in [1.165, 1.54) is 0 Å². The average Bonchev–Trinajstić information content (AvgIpc) is 2.99. The molecule has 3 rings (SSSR count). The highest BCUT2D eigenvalue weighted by molar-refractivity contribution is 6.30. The van der Waals surface area contributed by atoms with E-state index in [0.29, 0.717) is 0 Å². The molecule has 1 saturated heterocycles. The van der Waals surface area contributed by atoms with Gasteiger partial charge in [-0.3, -0.25) is 0 Å². The van der Waals surface area contributed by atoms with Gasteiger partial charge in [0.15, 0.2) is 6.10 Å². The van der Waals surface area contributed by atoms with Crippen molar-refractivity contribution in [1.82, 2.24) is 0 Å². The highest BCUT2D eigenvalue weighted by Gasteiger charge is 2.38. The van der Waals surface area contributed by atoms with E-state index >= 15 is 0 Å². The molecule has 0 radical (unpaired) electrons. The van der Waals surface area contributed by atoms with Crippen LogP contribution in [0, 0.1) is 0 Å². The summed E-state index contributed by atoms with van der Waals surface area (Å²) < 4.78 is 5.18. The largest absolute Gasteiger partial charge is 0.389 e. The Bertz CT molecular complexity index is 398. The molecule has 2 aliphatic heterocycles. The molecule has 78 valence electrons. The minimum absolute atomic E-state index is 0.107. The van der Waals surface area contributed by atoms with Gasteiger partial charge in [-0.05, 0) is 17.7 Å². The fourth-order valence-corrected chi connectivity index (χ4v) is 1.80. The van der Waals surface area contributed by atoms with Crippen LogP contribution in [0.4, 0.5) is 0 Å². The van der Waals surface area contributed by atoms with Gasteiger partial charge in [-0.15, -0.1) is 0 Å². The summed E-state index contributed by atoms with van der Waals surface area (Å²) >= 11 is 5.82. The molecule has 0 unspecified atom stereocenters. The number of rotatable bonds is 2. The third kappa shape index (κ3) is 1.85. The zero-order valence-electron chi connectivity index (χ0n) is 8.02. The first-order chi connectivity index (χ1) is 7.33. The van der Waals surface area contributed by atoms with Crippen molar-refractivity contribution < 1.29 is 9.57 Å². The van der Waals surface area contributed by atoms with Crippen LogP contribution in [0.1, 0.15) is 12.0 Å². The molecule has 0 amide bonds. The molecule has 0 spiro atoms. The van der Waals surface area contributed by atoms with Gasteiger partial charge in [0.25, 0.3) is 0 Å². The van der Waals surface area contributed by atoms with E-state index < -0.39 is 0 Å². The quantitative estimate of drug-likeness (QED) is 0.721. The maximum Gasteiger partial charge on any atom is 0.161 e. The van der Waals surface area contributed by atoms with Crippen molar-refractivity contribution >= 4 is 17.3 Å². The van der Waals surface area contributed by atoms with Crippen LogP contribution in [0.25, 0.3) is 0 Å². The second kappa shape index (κ2) is 3.51. The molecule has 0 aromatic heterocycles. The third-order valence-corrected chi connectivity index (χ3v) is 2.90. The van der Waals surface area contributed by atoms with Crippen molar-refractivity contribution in [2.24, 2.45) is 5.16 Å². The second-order valence-corrected chi connectivity index (χ2v) is 4.20. The van der Waals surface area contributed by atoms with E-state index in [-0.39, 0.29) is 12.2 Å². The molecule has 3 nitrogen and oxygen atoms in total. The maximum atomic E-state index is 5.82. The Morgan fingerprint density at radius 1 is 1.20 bits per heavy atom. The molecule has 0 saturated carbocycles. The second-order valence-electron chi connectivity index (χ2n) is 3.76. The van der Waals surface area contributed by atoms with Crippen molar-refractivity contribution in [1.29, 1.82) is 0 Å². The number of halogens is 1. The first-order valence-corrected chi connectivity index (χ1v) is 5.31. The standard InChI is InChI=1S/C11H10ClNO2/c12-8-3-1-7(2-4-8)9-5-10(15-13-9)11-6-14-11/h1-4,10-11H,5-6H2/t10-,11+/m1/s1. The van der Waals surface area contributed by atoms with Crippen molar-refractivity contribution in [2.75, 3.05) is 6.61 Å². The topological polar surface area (TPSA) is 34.1 Å². The molecule has 4 heteroatoms. The van der Waals surface area contributed by atoms with E-state index in [0.717, 1.165) is 29.3 Å². The normalized spacial score (nSPS) is 28.5. The molecular formula is C11H10ClNO2. The lowest BCUT2D eigenvalue weighted by Gasteiger charge is -2.02. The van der Waals surface area contributed by atoms with Crippen LogP contribution in [0.5, 0.6) is 0 Å². The minimum atomic E-state index is 0.107. The molecular weight excluding hydrogens is 214 g/mol. The van der Waals surface area contributed by atoms with Crippen LogP contribution < -0.4 is 0 Å². The van der Waals surface area contributed by atoms with Gasteiger partial charge in [0.05, 0.1) is 12.3 Å². The highest BCUT2D eigenvalue weighted by atomic mass is 35.5. The van der Waals surface area contributed by atoms with Crippen LogP contribution in [0.2, 0.25) is 5.02 Å². The Morgan fingerprint density at radius 2 is 1.93 bits per heavy atom. The summed E-state index contributed by atoms with van der Waals surface area (Å²) in [6, 6.07) is 7.64. The number of oxime groups is 1. The fraction of sp³-hybridized carbons (Fsp3) is 0.364. The maximum absolute atomic E-state index is 5.82. The minimum Gasteiger partial charge on any atom is -0.389 e. The van der Waals surface area contributed by atoms with Crippen LogP contribution in [0.15, 0.2) is 29.4 Å². The van der Waals surface area contributed by atoms with Crippen LogP contribution >= 0.6 is 11.6 Å².